The third-order valence-corrected chi connectivity index (χ3v) is 5.57. The number of hydrogen-bond donors (Lipinski definition) is 0. The summed E-state index contributed by atoms with van der Waals surface area (Å²) in [5.74, 6) is 5.20. The molecule has 4 rings (SSSR count). The van der Waals surface area contributed by atoms with Crippen molar-refractivity contribution < 1.29 is 9.47 Å². The molecule has 4 aliphatic rings. The van der Waals surface area contributed by atoms with E-state index in [0.29, 0.717) is 6.10 Å². The number of ether oxygens (including phenoxy) is 2. The molecular formula is C15H22O2. The number of hydrogen-bond acceptors (Lipinski definition) is 2. The van der Waals surface area contributed by atoms with E-state index >= 15 is 0 Å². The first-order chi connectivity index (χ1) is 8.33. The second-order valence-corrected chi connectivity index (χ2v) is 6.41. The lowest BCUT2D eigenvalue weighted by Crippen LogP contribution is -2.20. The van der Waals surface area contributed by atoms with E-state index < -0.39 is 0 Å². The molecule has 3 aliphatic carbocycles. The SMILES string of the molecule is C/C(OCC1CO1)=C1\CC2CC1C1CCCC21. The Labute approximate surface area is 103 Å². The zero-order valence-electron chi connectivity index (χ0n) is 10.7. The van der Waals surface area contributed by atoms with Crippen molar-refractivity contribution >= 4 is 0 Å². The average molecular weight is 234 g/mol. The molecule has 0 spiro atoms. The molecule has 94 valence electrons. The quantitative estimate of drug-likeness (QED) is 0.553. The lowest BCUT2D eigenvalue weighted by atomic mass is 9.78. The van der Waals surface area contributed by atoms with E-state index in [0.717, 1.165) is 36.9 Å². The topological polar surface area (TPSA) is 21.8 Å². The van der Waals surface area contributed by atoms with Gasteiger partial charge in [0.1, 0.15) is 12.7 Å². The van der Waals surface area contributed by atoms with Crippen molar-refractivity contribution in [1.29, 1.82) is 0 Å². The van der Waals surface area contributed by atoms with E-state index in [1.165, 1.54) is 37.9 Å². The van der Waals surface area contributed by atoms with E-state index in [2.05, 4.69) is 6.92 Å². The van der Waals surface area contributed by atoms with E-state index in [1.807, 2.05) is 0 Å². The Kier molecular flexibility index (Phi) is 2.30. The third-order valence-electron chi connectivity index (χ3n) is 5.57. The number of allylic oxidation sites excluding steroid dienone is 2. The summed E-state index contributed by atoms with van der Waals surface area (Å²) in [6.07, 6.45) is 7.66. The zero-order chi connectivity index (χ0) is 11.4. The average Bonchev–Trinajstić information content (AvgIpc) is 2.80. The number of fused-ring (bicyclic) bond motifs is 5. The first-order valence-corrected chi connectivity index (χ1v) is 7.27. The van der Waals surface area contributed by atoms with Crippen molar-refractivity contribution in [2.24, 2.45) is 23.7 Å². The van der Waals surface area contributed by atoms with Gasteiger partial charge in [0.25, 0.3) is 0 Å². The van der Waals surface area contributed by atoms with Crippen molar-refractivity contribution in [3.63, 3.8) is 0 Å². The maximum Gasteiger partial charge on any atom is 0.116 e. The molecule has 0 radical (unpaired) electrons. The van der Waals surface area contributed by atoms with Gasteiger partial charge in [-0.05, 0) is 61.9 Å². The van der Waals surface area contributed by atoms with Crippen LogP contribution < -0.4 is 0 Å². The van der Waals surface area contributed by atoms with Gasteiger partial charge in [-0.25, -0.2) is 0 Å². The van der Waals surface area contributed by atoms with Crippen LogP contribution in [0.2, 0.25) is 0 Å². The van der Waals surface area contributed by atoms with Gasteiger partial charge in [-0.15, -0.1) is 0 Å². The standard InChI is InChI=1S/C15H22O2/c1-9(16-7-11-8-17-11)14-5-10-6-15(14)13-4-2-3-12(10)13/h10-13,15H,2-8H2,1H3/b14-9-. The van der Waals surface area contributed by atoms with Crippen LogP contribution >= 0.6 is 0 Å². The van der Waals surface area contributed by atoms with Crippen LogP contribution in [0.25, 0.3) is 0 Å². The summed E-state index contributed by atoms with van der Waals surface area (Å²) in [5, 5.41) is 0. The second-order valence-electron chi connectivity index (χ2n) is 6.41. The lowest BCUT2D eigenvalue weighted by molar-refractivity contribution is 0.174. The normalized spacial score (nSPS) is 49.4. The van der Waals surface area contributed by atoms with E-state index in [-0.39, 0.29) is 0 Å². The van der Waals surface area contributed by atoms with Gasteiger partial charge in [-0.1, -0.05) is 6.42 Å². The van der Waals surface area contributed by atoms with E-state index in [4.69, 9.17) is 9.47 Å². The van der Waals surface area contributed by atoms with Gasteiger partial charge >= 0.3 is 0 Å². The Morgan fingerprint density at radius 2 is 2.18 bits per heavy atom. The Bertz CT molecular complexity index is 356. The molecule has 2 bridgehead atoms. The first kappa shape index (κ1) is 10.4. The minimum atomic E-state index is 0.392. The van der Waals surface area contributed by atoms with Crippen molar-refractivity contribution in [1.82, 2.24) is 0 Å². The molecule has 0 N–H and O–H groups in total. The van der Waals surface area contributed by atoms with Gasteiger partial charge in [0, 0.05) is 0 Å². The van der Waals surface area contributed by atoms with Crippen molar-refractivity contribution in [2.75, 3.05) is 13.2 Å². The fraction of sp³-hybridized carbons (Fsp3) is 0.867. The van der Waals surface area contributed by atoms with E-state index in [9.17, 15) is 0 Å². The molecular weight excluding hydrogens is 212 g/mol. The highest BCUT2D eigenvalue weighted by Crippen LogP contribution is 2.61. The predicted molar refractivity (Wildman–Crippen MR) is 65.4 cm³/mol. The van der Waals surface area contributed by atoms with Crippen LogP contribution in [0.5, 0.6) is 0 Å². The summed E-state index contributed by atoms with van der Waals surface area (Å²) < 4.78 is 11.1. The third kappa shape index (κ3) is 1.64. The lowest BCUT2D eigenvalue weighted by Gasteiger charge is -2.28. The molecule has 17 heavy (non-hydrogen) atoms. The summed E-state index contributed by atoms with van der Waals surface area (Å²) in [7, 11) is 0. The molecule has 3 saturated carbocycles. The van der Waals surface area contributed by atoms with E-state index in [1.54, 1.807) is 5.57 Å². The van der Waals surface area contributed by atoms with Gasteiger partial charge in [-0.3, -0.25) is 0 Å². The molecule has 4 fully saturated rings. The predicted octanol–water partition coefficient (Wildman–Crippen LogP) is 3.13. The molecule has 5 atom stereocenters. The minimum Gasteiger partial charge on any atom is -0.495 e. The fourth-order valence-electron chi connectivity index (χ4n) is 4.73. The maximum absolute atomic E-state index is 5.91. The van der Waals surface area contributed by atoms with Crippen LogP contribution in [-0.2, 0) is 9.47 Å². The Balaban J connectivity index is 1.49. The van der Waals surface area contributed by atoms with Gasteiger partial charge in [0.05, 0.1) is 12.4 Å². The molecule has 2 heteroatoms. The molecule has 5 unspecified atom stereocenters. The largest absolute Gasteiger partial charge is 0.495 e. The molecule has 2 nitrogen and oxygen atoms in total. The monoisotopic (exact) mass is 234 g/mol. The maximum atomic E-state index is 5.91. The summed E-state index contributed by atoms with van der Waals surface area (Å²) in [6.45, 7) is 3.86. The molecule has 1 aliphatic heterocycles. The molecule has 0 aromatic rings. The summed E-state index contributed by atoms with van der Waals surface area (Å²) in [6, 6.07) is 0. The molecule has 0 amide bonds. The fourth-order valence-corrected chi connectivity index (χ4v) is 4.73. The Morgan fingerprint density at radius 1 is 1.35 bits per heavy atom. The van der Waals surface area contributed by atoms with Crippen LogP contribution in [0.15, 0.2) is 11.3 Å². The highest BCUT2D eigenvalue weighted by Gasteiger charge is 2.52. The van der Waals surface area contributed by atoms with Crippen LogP contribution in [0.4, 0.5) is 0 Å². The van der Waals surface area contributed by atoms with Crippen LogP contribution in [0, 0.1) is 23.7 Å². The van der Waals surface area contributed by atoms with Crippen molar-refractivity contribution in [3.05, 3.63) is 11.3 Å². The smallest absolute Gasteiger partial charge is 0.116 e. The highest BCUT2D eigenvalue weighted by molar-refractivity contribution is 5.24. The second kappa shape index (κ2) is 3.74. The summed E-state index contributed by atoms with van der Waals surface area (Å²) in [4.78, 5) is 0. The summed E-state index contributed by atoms with van der Waals surface area (Å²) >= 11 is 0. The van der Waals surface area contributed by atoms with Crippen LogP contribution in [0.1, 0.15) is 39.0 Å². The van der Waals surface area contributed by atoms with Crippen molar-refractivity contribution in [3.8, 4) is 0 Å². The summed E-state index contributed by atoms with van der Waals surface area (Å²) in [5.41, 5.74) is 1.67. The molecule has 0 aromatic carbocycles. The molecule has 1 heterocycles. The number of rotatable bonds is 3. The number of epoxide rings is 1. The van der Waals surface area contributed by atoms with Gasteiger partial charge in [0.2, 0.25) is 0 Å². The van der Waals surface area contributed by atoms with Crippen LogP contribution in [-0.4, -0.2) is 19.3 Å². The van der Waals surface area contributed by atoms with Gasteiger partial charge in [0.15, 0.2) is 0 Å². The van der Waals surface area contributed by atoms with Gasteiger partial charge in [-0.2, -0.15) is 0 Å². The molecule has 0 aromatic heterocycles. The Morgan fingerprint density at radius 3 is 3.00 bits per heavy atom. The first-order valence-electron chi connectivity index (χ1n) is 7.27. The zero-order valence-corrected chi connectivity index (χ0v) is 10.7. The molecule has 1 saturated heterocycles. The Hall–Kier alpha value is -0.500. The van der Waals surface area contributed by atoms with Crippen molar-refractivity contribution in [2.45, 2.75) is 45.1 Å². The highest BCUT2D eigenvalue weighted by atomic mass is 16.6. The van der Waals surface area contributed by atoms with Gasteiger partial charge < -0.3 is 9.47 Å². The minimum absolute atomic E-state index is 0.392. The van der Waals surface area contributed by atoms with Crippen LogP contribution in [0.3, 0.4) is 0 Å².